The monoisotopic (exact) mass is 505 g/mol. The fourth-order valence-electron chi connectivity index (χ4n) is 4.91. The van der Waals surface area contributed by atoms with Gasteiger partial charge in [-0.2, -0.15) is 0 Å². The van der Waals surface area contributed by atoms with Gasteiger partial charge in [-0.25, -0.2) is 9.78 Å². The topological polar surface area (TPSA) is 92.1 Å². The van der Waals surface area contributed by atoms with Crippen LogP contribution >= 0.6 is 0 Å². The van der Waals surface area contributed by atoms with Crippen LogP contribution in [0, 0.1) is 22.7 Å². The van der Waals surface area contributed by atoms with Gasteiger partial charge in [0.05, 0.1) is 47.3 Å². The Bertz CT molecular complexity index is 1250. The second-order valence-electron chi connectivity index (χ2n) is 10.4. The van der Waals surface area contributed by atoms with Crippen molar-refractivity contribution in [3.8, 4) is 12.3 Å². The molecule has 0 spiro atoms. The SMILES string of the molecule is C#CCN(c1ccc(C(=O)OC)nc1)C1C=C2C(=CN(C)C(COC(=O)C(C)(C)C)[N+]2=O)C2=C1CCC2. The number of aromatic nitrogens is 1. The lowest BCUT2D eigenvalue weighted by Crippen LogP contribution is -2.47. The third-order valence-electron chi connectivity index (χ3n) is 6.89. The van der Waals surface area contributed by atoms with Crippen molar-refractivity contribution >= 4 is 17.6 Å². The van der Waals surface area contributed by atoms with E-state index in [0.29, 0.717) is 5.70 Å². The van der Waals surface area contributed by atoms with E-state index in [2.05, 4.69) is 10.9 Å². The number of likely N-dealkylation sites (N-methyl/N-ethyl adjacent to an activating group) is 1. The molecule has 0 saturated heterocycles. The van der Waals surface area contributed by atoms with E-state index in [0.717, 1.165) is 40.9 Å². The highest BCUT2D eigenvalue weighted by Crippen LogP contribution is 2.44. The van der Waals surface area contributed by atoms with E-state index in [1.165, 1.54) is 12.7 Å². The van der Waals surface area contributed by atoms with Gasteiger partial charge in [0.25, 0.3) is 5.70 Å². The molecule has 2 unspecified atom stereocenters. The van der Waals surface area contributed by atoms with Gasteiger partial charge in [-0.05, 0) is 63.3 Å². The summed E-state index contributed by atoms with van der Waals surface area (Å²) >= 11 is 0. The van der Waals surface area contributed by atoms with Crippen molar-refractivity contribution in [2.24, 2.45) is 5.41 Å². The van der Waals surface area contributed by atoms with E-state index in [-0.39, 0.29) is 30.9 Å². The van der Waals surface area contributed by atoms with Gasteiger partial charge in [0.1, 0.15) is 5.69 Å². The van der Waals surface area contributed by atoms with E-state index >= 15 is 0 Å². The Balaban J connectivity index is 1.69. The minimum Gasteiger partial charge on any atom is -0.464 e. The Labute approximate surface area is 217 Å². The standard InChI is InChI=1S/C28H33N4O5/c1-7-13-31(18-11-12-22(29-15-18)26(33)36-6)23-14-24-21(19-9-8-10-20(19)23)16-30(5)25(32(24)35)17-37-27(34)28(2,3)4/h1,11-12,14-16,23,25H,8-10,13,17H2,2-6H3/q+1. The number of allylic oxidation sites excluding steroid dienone is 1. The number of methoxy groups -OCH3 is 1. The number of esters is 2. The van der Waals surface area contributed by atoms with Crippen LogP contribution in [0.25, 0.3) is 0 Å². The summed E-state index contributed by atoms with van der Waals surface area (Å²) in [5, 5.41) is 0. The highest BCUT2D eigenvalue weighted by Gasteiger charge is 2.46. The average Bonchev–Trinajstić information content (AvgIpc) is 3.36. The largest absolute Gasteiger partial charge is 0.464 e. The molecule has 1 aliphatic heterocycles. The van der Waals surface area contributed by atoms with Gasteiger partial charge in [0.2, 0.25) is 0 Å². The molecule has 0 fully saturated rings. The van der Waals surface area contributed by atoms with Gasteiger partial charge in [-0.1, -0.05) is 5.92 Å². The maximum atomic E-state index is 13.7. The van der Waals surface area contributed by atoms with Gasteiger partial charge in [0, 0.05) is 24.2 Å². The van der Waals surface area contributed by atoms with Crippen LogP contribution in [0.1, 0.15) is 50.5 Å². The smallest absolute Gasteiger partial charge is 0.356 e. The molecule has 4 rings (SSSR count). The van der Waals surface area contributed by atoms with Crippen LogP contribution in [-0.2, 0) is 14.3 Å². The molecule has 0 saturated carbocycles. The summed E-state index contributed by atoms with van der Waals surface area (Å²) in [5.74, 6) is 1.85. The highest BCUT2D eigenvalue weighted by atomic mass is 16.5. The maximum Gasteiger partial charge on any atom is 0.356 e. The number of nitrogens with zero attached hydrogens (tertiary/aromatic N) is 4. The van der Waals surface area contributed by atoms with Gasteiger partial charge in [-0.15, -0.1) is 6.42 Å². The van der Waals surface area contributed by atoms with E-state index in [1.807, 2.05) is 29.1 Å². The Morgan fingerprint density at radius 1 is 1.30 bits per heavy atom. The molecule has 9 heteroatoms. The first kappa shape index (κ1) is 26.1. The number of carbonyl (C=O) groups excluding carboxylic acids is 2. The molecule has 2 aliphatic carbocycles. The first-order valence-corrected chi connectivity index (χ1v) is 12.3. The Morgan fingerprint density at radius 2 is 2.05 bits per heavy atom. The average molecular weight is 506 g/mol. The molecule has 9 nitrogen and oxygen atoms in total. The van der Waals surface area contributed by atoms with Crippen molar-refractivity contribution in [1.29, 1.82) is 0 Å². The molecule has 0 radical (unpaired) electrons. The Hall–Kier alpha value is -3.93. The number of carbonyl (C=O) groups is 2. The fourth-order valence-corrected chi connectivity index (χ4v) is 4.91. The van der Waals surface area contributed by atoms with Gasteiger partial charge >= 0.3 is 18.1 Å². The van der Waals surface area contributed by atoms with Crippen molar-refractivity contribution < 1.29 is 23.8 Å². The molecule has 0 bridgehead atoms. The predicted octanol–water partition coefficient (Wildman–Crippen LogP) is 3.58. The van der Waals surface area contributed by atoms with Crippen molar-refractivity contribution in [3.63, 3.8) is 0 Å². The summed E-state index contributed by atoms with van der Waals surface area (Å²) in [4.78, 5) is 45.9. The molecular formula is C28H33N4O5+. The molecule has 1 aromatic heterocycles. The normalized spacial score (nSPS) is 20.9. The summed E-state index contributed by atoms with van der Waals surface area (Å²) in [7, 11) is 3.13. The van der Waals surface area contributed by atoms with E-state index < -0.39 is 17.6 Å². The number of ether oxygens (including phenoxy) is 2. The molecule has 1 aromatic rings. The molecule has 0 N–H and O–H groups in total. The van der Waals surface area contributed by atoms with Crippen LogP contribution in [0.2, 0.25) is 0 Å². The number of terminal acetylenes is 1. The minimum absolute atomic E-state index is 0.0548. The van der Waals surface area contributed by atoms with Crippen molar-refractivity contribution in [3.05, 3.63) is 63.6 Å². The summed E-state index contributed by atoms with van der Waals surface area (Å²) in [6.07, 6.45) is 13.3. The predicted molar refractivity (Wildman–Crippen MR) is 138 cm³/mol. The molecular weight excluding hydrogens is 472 g/mol. The number of pyridine rings is 1. The molecule has 194 valence electrons. The van der Waals surface area contributed by atoms with E-state index in [9.17, 15) is 14.5 Å². The van der Waals surface area contributed by atoms with Crippen molar-refractivity contribution in [1.82, 2.24) is 9.88 Å². The fraction of sp³-hybridized carbons (Fsp3) is 0.464. The van der Waals surface area contributed by atoms with Gasteiger partial charge in [-0.3, -0.25) is 4.79 Å². The van der Waals surface area contributed by atoms with Crippen molar-refractivity contribution in [2.75, 3.05) is 32.2 Å². The number of fused-ring (bicyclic) bond motifs is 2. The number of hydrogen-bond acceptors (Lipinski definition) is 8. The summed E-state index contributed by atoms with van der Waals surface area (Å²) in [6.45, 7) is 5.57. The molecule has 0 amide bonds. The van der Waals surface area contributed by atoms with Gasteiger partial charge in [0.15, 0.2) is 6.61 Å². The second kappa shape index (κ2) is 10.2. The molecule has 37 heavy (non-hydrogen) atoms. The summed E-state index contributed by atoms with van der Waals surface area (Å²) < 4.78 is 11.2. The first-order chi connectivity index (χ1) is 17.6. The van der Waals surface area contributed by atoms with E-state index in [1.54, 1.807) is 39.1 Å². The third-order valence-corrected chi connectivity index (χ3v) is 6.89. The molecule has 0 aromatic carbocycles. The number of anilines is 1. The lowest BCUT2D eigenvalue weighted by atomic mass is 9.87. The van der Waals surface area contributed by atoms with Crippen LogP contribution in [0.5, 0.6) is 0 Å². The lowest BCUT2D eigenvalue weighted by Gasteiger charge is -2.36. The van der Waals surface area contributed by atoms with Crippen molar-refractivity contribution in [2.45, 2.75) is 52.2 Å². The van der Waals surface area contributed by atoms with Crippen LogP contribution in [-0.4, -0.2) is 66.1 Å². The zero-order chi connectivity index (χ0) is 26.9. The molecule has 3 aliphatic rings. The summed E-state index contributed by atoms with van der Waals surface area (Å²) in [5.41, 5.74) is 4.10. The lowest BCUT2D eigenvalue weighted by molar-refractivity contribution is -0.566. The Morgan fingerprint density at radius 3 is 2.68 bits per heavy atom. The molecule has 2 heterocycles. The third kappa shape index (κ3) is 5.01. The number of hydrogen-bond donors (Lipinski definition) is 0. The van der Waals surface area contributed by atoms with Crippen LogP contribution < -0.4 is 4.90 Å². The molecule has 2 atom stereocenters. The van der Waals surface area contributed by atoms with Crippen LogP contribution in [0.15, 0.2) is 53.0 Å². The zero-order valence-electron chi connectivity index (χ0n) is 22.0. The second-order valence-corrected chi connectivity index (χ2v) is 10.4. The Kier molecular flexibility index (Phi) is 7.21. The quantitative estimate of drug-likeness (QED) is 0.329. The van der Waals surface area contributed by atoms with Crippen LogP contribution in [0.4, 0.5) is 5.69 Å². The number of nitroso groups, excluding NO2 is 1. The van der Waals surface area contributed by atoms with Gasteiger partial charge < -0.3 is 19.3 Å². The number of rotatable bonds is 6. The van der Waals surface area contributed by atoms with Crippen LogP contribution in [0.3, 0.4) is 0 Å². The maximum absolute atomic E-state index is 13.7. The minimum atomic E-state index is -0.687. The summed E-state index contributed by atoms with van der Waals surface area (Å²) in [6, 6.07) is 3.14. The highest BCUT2D eigenvalue weighted by molar-refractivity contribution is 5.87. The first-order valence-electron chi connectivity index (χ1n) is 12.3. The van der Waals surface area contributed by atoms with E-state index in [4.69, 9.17) is 15.9 Å². The zero-order valence-corrected chi connectivity index (χ0v) is 22.0.